The fourth-order valence-electron chi connectivity index (χ4n) is 4.33. The molecule has 0 fully saturated rings. The molecule has 43 heavy (non-hydrogen) atoms. The highest BCUT2D eigenvalue weighted by molar-refractivity contribution is 9.10. The van der Waals surface area contributed by atoms with E-state index in [-0.39, 0.29) is 29.1 Å². The van der Waals surface area contributed by atoms with Crippen LogP contribution in [0.5, 0.6) is 11.5 Å². The highest BCUT2D eigenvalue weighted by atomic mass is 79.9. The van der Waals surface area contributed by atoms with Crippen molar-refractivity contribution in [1.82, 2.24) is 10.2 Å². The SMILES string of the molecule is CC(C)NC(=O)C(C)N(Cc1ccc(Br)cc1)C(=O)CN(c1ccc(Oc2ccccc2)cc1)S(=O)(=O)c1ccccc1. The van der Waals surface area contributed by atoms with Gasteiger partial charge >= 0.3 is 0 Å². The molecule has 4 rings (SSSR count). The van der Waals surface area contributed by atoms with Crippen molar-refractivity contribution in [3.8, 4) is 11.5 Å². The zero-order valence-corrected chi connectivity index (χ0v) is 26.6. The molecule has 4 aromatic carbocycles. The van der Waals surface area contributed by atoms with Gasteiger partial charge in [0.05, 0.1) is 10.6 Å². The van der Waals surface area contributed by atoms with Crippen LogP contribution in [-0.2, 0) is 26.2 Å². The quantitative estimate of drug-likeness (QED) is 0.190. The van der Waals surface area contributed by atoms with E-state index in [0.29, 0.717) is 11.5 Å². The minimum absolute atomic E-state index is 0.0393. The fourth-order valence-corrected chi connectivity index (χ4v) is 6.03. The first-order valence-corrected chi connectivity index (χ1v) is 16.0. The standard InChI is InChI=1S/C33H34BrN3O5S/c1-24(2)35-33(39)25(3)36(22-26-14-16-27(34)17-15-26)32(38)23-37(43(40,41)31-12-8-5-9-13-31)28-18-20-30(21-19-28)42-29-10-6-4-7-11-29/h4-21,24-25H,22-23H2,1-3H3,(H,35,39). The third kappa shape index (κ3) is 8.46. The van der Waals surface area contributed by atoms with Crippen molar-refractivity contribution in [2.24, 2.45) is 0 Å². The first-order chi connectivity index (χ1) is 20.5. The van der Waals surface area contributed by atoms with Crippen molar-refractivity contribution in [3.05, 3.63) is 119 Å². The van der Waals surface area contributed by atoms with Gasteiger partial charge in [0.1, 0.15) is 24.1 Å². The summed E-state index contributed by atoms with van der Waals surface area (Å²) in [6.07, 6.45) is 0. The number of nitrogens with zero attached hydrogens (tertiary/aromatic N) is 2. The summed E-state index contributed by atoms with van der Waals surface area (Å²) in [6, 6.07) is 30.1. The topological polar surface area (TPSA) is 96.0 Å². The number of benzene rings is 4. The number of para-hydroxylation sites is 1. The van der Waals surface area contributed by atoms with Gasteiger partial charge in [0, 0.05) is 17.1 Å². The number of carbonyl (C=O) groups is 2. The number of sulfonamides is 1. The van der Waals surface area contributed by atoms with E-state index in [1.807, 2.05) is 68.4 Å². The molecular formula is C33H34BrN3O5S. The van der Waals surface area contributed by atoms with E-state index in [0.717, 1.165) is 14.3 Å². The minimum atomic E-state index is -4.16. The van der Waals surface area contributed by atoms with Crippen LogP contribution in [0.4, 0.5) is 5.69 Å². The van der Waals surface area contributed by atoms with Crippen LogP contribution < -0.4 is 14.4 Å². The molecule has 1 N–H and O–H groups in total. The van der Waals surface area contributed by atoms with E-state index >= 15 is 0 Å². The van der Waals surface area contributed by atoms with Crippen molar-refractivity contribution >= 4 is 43.5 Å². The molecule has 8 nitrogen and oxygen atoms in total. The lowest BCUT2D eigenvalue weighted by molar-refractivity contribution is -0.139. The van der Waals surface area contributed by atoms with Crippen LogP contribution in [0.3, 0.4) is 0 Å². The predicted octanol–water partition coefficient (Wildman–Crippen LogP) is 6.38. The molecule has 1 atom stereocenters. The van der Waals surface area contributed by atoms with Crippen molar-refractivity contribution in [3.63, 3.8) is 0 Å². The van der Waals surface area contributed by atoms with Gasteiger partial charge in [0.25, 0.3) is 10.0 Å². The Kier molecular flexibility index (Phi) is 10.6. The van der Waals surface area contributed by atoms with Gasteiger partial charge in [-0.05, 0) is 87.0 Å². The summed E-state index contributed by atoms with van der Waals surface area (Å²) in [7, 11) is -4.16. The van der Waals surface area contributed by atoms with E-state index in [1.54, 1.807) is 49.4 Å². The summed E-state index contributed by atoms with van der Waals surface area (Å²) < 4.78 is 35.7. The molecule has 0 saturated carbocycles. The number of halogens is 1. The molecule has 0 aliphatic heterocycles. The van der Waals surface area contributed by atoms with Gasteiger partial charge in [-0.1, -0.05) is 64.5 Å². The number of hydrogen-bond donors (Lipinski definition) is 1. The third-order valence-electron chi connectivity index (χ3n) is 6.58. The lowest BCUT2D eigenvalue weighted by Gasteiger charge is -2.32. The normalized spacial score (nSPS) is 11.9. The van der Waals surface area contributed by atoms with Crippen LogP contribution in [0.2, 0.25) is 0 Å². The lowest BCUT2D eigenvalue weighted by Crippen LogP contribution is -2.52. The molecule has 0 heterocycles. The van der Waals surface area contributed by atoms with Gasteiger partial charge in [0.15, 0.2) is 0 Å². The first-order valence-electron chi connectivity index (χ1n) is 13.8. The van der Waals surface area contributed by atoms with Crippen molar-refractivity contribution in [1.29, 1.82) is 0 Å². The molecule has 0 saturated heterocycles. The Hall–Kier alpha value is -4.15. The molecule has 0 radical (unpaired) electrons. The van der Waals surface area contributed by atoms with Gasteiger partial charge in [-0.3, -0.25) is 13.9 Å². The second-order valence-electron chi connectivity index (χ2n) is 10.2. The number of rotatable bonds is 12. The number of amides is 2. The van der Waals surface area contributed by atoms with E-state index in [2.05, 4.69) is 21.2 Å². The Balaban J connectivity index is 1.69. The van der Waals surface area contributed by atoms with E-state index < -0.39 is 28.5 Å². The summed E-state index contributed by atoms with van der Waals surface area (Å²) in [4.78, 5) is 28.5. The summed E-state index contributed by atoms with van der Waals surface area (Å²) in [5.41, 5.74) is 1.07. The van der Waals surface area contributed by atoms with Crippen molar-refractivity contribution < 1.29 is 22.7 Å². The number of carbonyl (C=O) groups excluding carboxylic acids is 2. The molecule has 4 aromatic rings. The van der Waals surface area contributed by atoms with Gasteiger partial charge in [-0.2, -0.15) is 0 Å². The average molecular weight is 665 g/mol. The molecule has 224 valence electrons. The summed E-state index contributed by atoms with van der Waals surface area (Å²) in [5.74, 6) is 0.282. The van der Waals surface area contributed by atoms with E-state index in [1.165, 1.54) is 17.0 Å². The Morgan fingerprint density at radius 3 is 1.93 bits per heavy atom. The smallest absolute Gasteiger partial charge is 0.264 e. The molecule has 10 heteroatoms. The lowest BCUT2D eigenvalue weighted by atomic mass is 10.1. The summed E-state index contributed by atoms with van der Waals surface area (Å²) in [6.45, 7) is 4.91. The monoisotopic (exact) mass is 663 g/mol. The van der Waals surface area contributed by atoms with Crippen LogP contribution in [0.25, 0.3) is 0 Å². The third-order valence-corrected chi connectivity index (χ3v) is 8.89. The van der Waals surface area contributed by atoms with Crippen LogP contribution in [0.1, 0.15) is 26.3 Å². The Morgan fingerprint density at radius 1 is 0.791 bits per heavy atom. The van der Waals surface area contributed by atoms with E-state index in [4.69, 9.17) is 4.74 Å². The fraction of sp³-hybridized carbons (Fsp3) is 0.212. The van der Waals surface area contributed by atoms with Gasteiger partial charge in [-0.15, -0.1) is 0 Å². The van der Waals surface area contributed by atoms with Crippen LogP contribution in [-0.4, -0.2) is 43.8 Å². The van der Waals surface area contributed by atoms with Gasteiger partial charge < -0.3 is 15.0 Å². The van der Waals surface area contributed by atoms with Crippen LogP contribution in [0, 0.1) is 0 Å². The zero-order chi connectivity index (χ0) is 31.0. The highest BCUT2D eigenvalue weighted by Crippen LogP contribution is 2.28. The Bertz CT molecular complexity index is 1620. The van der Waals surface area contributed by atoms with Gasteiger partial charge in [0.2, 0.25) is 11.8 Å². The summed E-state index contributed by atoms with van der Waals surface area (Å²) >= 11 is 3.42. The highest BCUT2D eigenvalue weighted by Gasteiger charge is 2.32. The maximum Gasteiger partial charge on any atom is 0.264 e. The molecule has 0 aliphatic rings. The van der Waals surface area contributed by atoms with Crippen molar-refractivity contribution in [2.45, 2.75) is 44.3 Å². The van der Waals surface area contributed by atoms with Crippen molar-refractivity contribution in [2.75, 3.05) is 10.8 Å². The molecular weight excluding hydrogens is 630 g/mol. The second-order valence-corrected chi connectivity index (χ2v) is 13.0. The molecule has 1 unspecified atom stereocenters. The predicted molar refractivity (Wildman–Crippen MR) is 171 cm³/mol. The first kappa shape index (κ1) is 31.8. The second kappa shape index (κ2) is 14.3. The Morgan fingerprint density at radius 2 is 1.35 bits per heavy atom. The summed E-state index contributed by atoms with van der Waals surface area (Å²) in [5, 5.41) is 2.85. The van der Waals surface area contributed by atoms with Crippen LogP contribution >= 0.6 is 15.9 Å². The minimum Gasteiger partial charge on any atom is -0.457 e. The zero-order valence-electron chi connectivity index (χ0n) is 24.2. The average Bonchev–Trinajstić information content (AvgIpc) is 3.00. The number of nitrogens with one attached hydrogen (secondary N) is 1. The largest absolute Gasteiger partial charge is 0.457 e. The molecule has 0 aliphatic carbocycles. The maximum absolute atomic E-state index is 14.0. The maximum atomic E-state index is 14.0. The Labute approximate surface area is 261 Å². The molecule has 0 aromatic heterocycles. The van der Waals surface area contributed by atoms with Crippen LogP contribution in [0.15, 0.2) is 119 Å². The number of anilines is 1. The van der Waals surface area contributed by atoms with Gasteiger partial charge in [-0.25, -0.2) is 8.42 Å². The molecule has 0 spiro atoms. The van der Waals surface area contributed by atoms with E-state index in [9.17, 15) is 18.0 Å². The molecule has 2 amide bonds. The molecule has 0 bridgehead atoms. The number of hydrogen-bond acceptors (Lipinski definition) is 5. The number of ether oxygens (including phenoxy) is 1.